The van der Waals surface area contributed by atoms with Crippen molar-refractivity contribution in [2.75, 3.05) is 26.7 Å². The van der Waals surface area contributed by atoms with Crippen LogP contribution < -0.4 is 5.32 Å². The monoisotopic (exact) mass is 428 g/mol. The van der Waals surface area contributed by atoms with Crippen molar-refractivity contribution >= 4 is 33.8 Å². The Morgan fingerprint density at radius 1 is 1.29 bits per heavy atom. The summed E-state index contributed by atoms with van der Waals surface area (Å²) in [7, 11) is -1.79. The molecule has 1 amide bonds. The SMILES string of the molecule is CCN(CC)S(=O)(=O)c1ccc2nn(CN(C)CC(=O)NC(C)C)c(=S)n2c1. The molecule has 0 saturated heterocycles. The van der Waals surface area contributed by atoms with Crippen molar-refractivity contribution in [3.63, 3.8) is 0 Å². The molecule has 0 unspecified atom stereocenters. The van der Waals surface area contributed by atoms with Crippen molar-refractivity contribution in [1.82, 2.24) is 28.7 Å². The Kier molecular flexibility index (Phi) is 7.32. The van der Waals surface area contributed by atoms with E-state index in [2.05, 4.69) is 10.4 Å². The molecule has 1 N–H and O–H groups in total. The molecular weight excluding hydrogens is 400 g/mol. The Morgan fingerprint density at radius 2 is 1.93 bits per heavy atom. The molecule has 2 aromatic rings. The van der Waals surface area contributed by atoms with E-state index in [1.165, 1.54) is 16.6 Å². The number of hydrogen-bond donors (Lipinski definition) is 1. The van der Waals surface area contributed by atoms with Crippen LogP contribution in [0.1, 0.15) is 27.7 Å². The van der Waals surface area contributed by atoms with Crippen LogP contribution in [0, 0.1) is 4.77 Å². The number of fused-ring (bicyclic) bond motifs is 1. The van der Waals surface area contributed by atoms with E-state index in [1.807, 2.05) is 13.8 Å². The fraction of sp³-hybridized carbons (Fsp3) is 0.588. The van der Waals surface area contributed by atoms with Crippen LogP contribution in [0.2, 0.25) is 0 Å². The number of aromatic nitrogens is 3. The zero-order valence-electron chi connectivity index (χ0n) is 16.9. The zero-order chi connectivity index (χ0) is 21.1. The third-order valence-corrected chi connectivity index (χ3v) is 6.57. The van der Waals surface area contributed by atoms with E-state index in [9.17, 15) is 13.2 Å². The largest absolute Gasteiger partial charge is 0.353 e. The molecule has 0 bridgehead atoms. The average Bonchev–Trinajstić information content (AvgIpc) is 2.90. The van der Waals surface area contributed by atoms with E-state index in [-0.39, 0.29) is 23.4 Å². The predicted molar refractivity (Wildman–Crippen MR) is 110 cm³/mol. The molecule has 0 saturated carbocycles. The van der Waals surface area contributed by atoms with Gasteiger partial charge in [-0.15, -0.1) is 0 Å². The molecule has 2 heterocycles. The van der Waals surface area contributed by atoms with Crippen molar-refractivity contribution in [3.05, 3.63) is 23.1 Å². The second-order valence-corrected chi connectivity index (χ2v) is 9.15. The minimum atomic E-state index is -3.58. The van der Waals surface area contributed by atoms with Crippen LogP contribution in [0.4, 0.5) is 0 Å². The standard InChI is InChI=1S/C17H28N6O3S2/c1-6-21(7-2)28(25,26)14-8-9-15-19-23(17(27)22(15)10-14)12-20(5)11-16(24)18-13(3)4/h8-10,13H,6-7,11-12H2,1-5H3,(H,18,24). The smallest absolute Gasteiger partial charge is 0.244 e. The Morgan fingerprint density at radius 3 is 2.50 bits per heavy atom. The number of rotatable bonds is 9. The summed E-state index contributed by atoms with van der Waals surface area (Å²) in [5.74, 6) is -0.0830. The highest BCUT2D eigenvalue weighted by molar-refractivity contribution is 7.89. The lowest BCUT2D eigenvalue weighted by Gasteiger charge is -2.18. The van der Waals surface area contributed by atoms with Gasteiger partial charge in [0.1, 0.15) is 0 Å². The van der Waals surface area contributed by atoms with Crippen LogP contribution in [-0.4, -0.2) is 70.4 Å². The summed E-state index contributed by atoms with van der Waals surface area (Å²) in [5.41, 5.74) is 0.545. The van der Waals surface area contributed by atoms with E-state index in [1.54, 1.807) is 40.9 Å². The minimum absolute atomic E-state index is 0.0736. The molecule has 2 rings (SSSR count). The van der Waals surface area contributed by atoms with E-state index in [4.69, 9.17) is 12.2 Å². The maximum absolute atomic E-state index is 12.7. The summed E-state index contributed by atoms with van der Waals surface area (Å²) in [4.78, 5) is 13.9. The van der Waals surface area contributed by atoms with Crippen LogP contribution in [0.3, 0.4) is 0 Å². The van der Waals surface area contributed by atoms with E-state index in [0.29, 0.717) is 30.2 Å². The lowest BCUT2D eigenvalue weighted by atomic mass is 10.4. The molecule has 0 aliphatic rings. The summed E-state index contributed by atoms with van der Waals surface area (Å²) in [5, 5.41) is 7.26. The highest BCUT2D eigenvalue weighted by Gasteiger charge is 2.22. The number of carbonyl (C=O) groups is 1. The van der Waals surface area contributed by atoms with Crippen molar-refractivity contribution in [2.45, 2.75) is 45.3 Å². The quantitative estimate of drug-likeness (QED) is 0.606. The van der Waals surface area contributed by atoms with Gasteiger partial charge in [-0.05, 0) is 45.2 Å². The summed E-state index contributed by atoms with van der Waals surface area (Å²) in [6.07, 6.45) is 1.50. The Bertz CT molecular complexity index is 992. The first kappa shape index (κ1) is 22.5. The van der Waals surface area contributed by atoms with Crippen LogP contribution in [0.15, 0.2) is 23.2 Å². The third kappa shape index (κ3) is 4.96. The molecule has 9 nitrogen and oxygen atoms in total. The van der Waals surface area contributed by atoms with Gasteiger partial charge in [0.25, 0.3) is 0 Å². The van der Waals surface area contributed by atoms with Gasteiger partial charge >= 0.3 is 0 Å². The van der Waals surface area contributed by atoms with Crippen molar-refractivity contribution in [1.29, 1.82) is 0 Å². The lowest BCUT2D eigenvalue weighted by Crippen LogP contribution is -2.39. The maximum Gasteiger partial charge on any atom is 0.244 e. The molecule has 11 heteroatoms. The third-order valence-electron chi connectivity index (χ3n) is 4.13. The lowest BCUT2D eigenvalue weighted by molar-refractivity contribution is -0.122. The second-order valence-electron chi connectivity index (χ2n) is 6.84. The van der Waals surface area contributed by atoms with Gasteiger partial charge in [-0.3, -0.25) is 14.1 Å². The molecule has 0 aliphatic heterocycles. The number of carbonyl (C=O) groups excluding carboxylic acids is 1. The van der Waals surface area contributed by atoms with Gasteiger partial charge in [0.2, 0.25) is 20.7 Å². The number of amides is 1. The summed E-state index contributed by atoms with van der Waals surface area (Å²) in [6, 6.07) is 3.24. The highest BCUT2D eigenvalue weighted by Crippen LogP contribution is 2.17. The first-order valence-electron chi connectivity index (χ1n) is 9.17. The van der Waals surface area contributed by atoms with E-state index in [0.717, 1.165) is 0 Å². The summed E-state index contributed by atoms with van der Waals surface area (Å²) >= 11 is 5.46. The summed E-state index contributed by atoms with van der Waals surface area (Å²) in [6.45, 7) is 8.71. The molecule has 0 fully saturated rings. The summed E-state index contributed by atoms with van der Waals surface area (Å²) < 4.78 is 30.4. The van der Waals surface area contributed by atoms with Crippen LogP contribution in [0.5, 0.6) is 0 Å². The van der Waals surface area contributed by atoms with Gasteiger partial charge in [-0.1, -0.05) is 13.8 Å². The number of hydrogen-bond acceptors (Lipinski definition) is 6. The van der Waals surface area contributed by atoms with Crippen molar-refractivity contribution in [2.24, 2.45) is 0 Å². The minimum Gasteiger partial charge on any atom is -0.353 e. The van der Waals surface area contributed by atoms with Gasteiger partial charge in [0.05, 0.1) is 18.1 Å². The number of sulfonamides is 1. The molecule has 28 heavy (non-hydrogen) atoms. The predicted octanol–water partition coefficient (Wildman–Crippen LogP) is 1.31. The number of pyridine rings is 1. The molecule has 0 atom stereocenters. The topological polar surface area (TPSA) is 92.0 Å². The van der Waals surface area contributed by atoms with Gasteiger partial charge in [0, 0.05) is 25.3 Å². The van der Waals surface area contributed by atoms with E-state index >= 15 is 0 Å². The number of nitrogens with zero attached hydrogens (tertiary/aromatic N) is 5. The average molecular weight is 429 g/mol. The molecule has 0 aliphatic carbocycles. The zero-order valence-corrected chi connectivity index (χ0v) is 18.5. The molecule has 156 valence electrons. The molecular formula is C17H28N6O3S2. The first-order chi connectivity index (χ1) is 13.1. The maximum atomic E-state index is 12.7. The fourth-order valence-corrected chi connectivity index (χ4v) is 4.55. The van der Waals surface area contributed by atoms with Crippen LogP contribution >= 0.6 is 12.2 Å². The number of likely N-dealkylation sites (N-methyl/N-ethyl adjacent to an activating group) is 1. The first-order valence-corrected chi connectivity index (χ1v) is 11.0. The Balaban J connectivity index is 2.28. The van der Waals surface area contributed by atoms with Gasteiger partial charge < -0.3 is 5.32 Å². The Labute approximate surface area is 171 Å². The number of nitrogens with one attached hydrogen (secondary N) is 1. The highest BCUT2D eigenvalue weighted by atomic mass is 32.2. The molecule has 0 aromatic carbocycles. The van der Waals surface area contributed by atoms with E-state index < -0.39 is 10.0 Å². The Hall–Kier alpha value is -1.82. The molecule has 2 aromatic heterocycles. The molecule has 0 radical (unpaired) electrons. The second kappa shape index (κ2) is 9.12. The van der Waals surface area contributed by atoms with Gasteiger partial charge in [0.15, 0.2) is 5.65 Å². The van der Waals surface area contributed by atoms with Crippen LogP contribution in [-0.2, 0) is 21.5 Å². The van der Waals surface area contributed by atoms with Gasteiger partial charge in [-0.2, -0.15) is 9.40 Å². The normalized spacial score (nSPS) is 12.4. The van der Waals surface area contributed by atoms with Crippen molar-refractivity contribution < 1.29 is 13.2 Å². The molecule has 0 spiro atoms. The fourth-order valence-electron chi connectivity index (χ4n) is 2.85. The van der Waals surface area contributed by atoms with Crippen LogP contribution in [0.25, 0.3) is 5.65 Å². The van der Waals surface area contributed by atoms with Crippen molar-refractivity contribution in [3.8, 4) is 0 Å². The van der Waals surface area contributed by atoms with Gasteiger partial charge in [-0.25, -0.2) is 13.1 Å².